The van der Waals surface area contributed by atoms with Crippen molar-refractivity contribution in [2.24, 2.45) is 5.73 Å². The van der Waals surface area contributed by atoms with Crippen LogP contribution in [-0.4, -0.2) is 43.0 Å². The molecule has 0 aromatic heterocycles. The third-order valence-corrected chi connectivity index (χ3v) is 2.62. The molecule has 1 rings (SSSR count). The summed E-state index contributed by atoms with van der Waals surface area (Å²) in [6.07, 6.45) is 3.40. The zero-order valence-corrected chi connectivity index (χ0v) is 8.96. The van der Waals surface area contributed by atoms with Gasteiger partial charge in [-0.3, -0.25) is 4.79 Å². The van der Waals surface area contributed by atoms with Gasteiger partial charge in [0.1, 0.15) is 0 Å². The summed E-state index contributed by atoms with van der Waals surface area (Å²) in [5, 5.41) is 3.39. The van der Waals surface area contributed by atoms with Crippen molar-refractivity contribution < 1.29 is 4.79 Å². The van der Waals surface area contributed by atoms with Gasteiger partial charge in [-0.2, -0.15) is 0 Å². The molecule has 0 radical (unpaired) electrons. The molecule has 14 heavy (non-hydrogen) atoms. The fourth-order valence-electron chi connectivity index (χ4n) is 1.90. The maximum absolute atomic E-state index is 11.5. The monoisotopic (exact) mass is 199 g/mol. The lowest BCUT2D eigenvalue weighted by Gasteiger charge is -2.24. The summed E-state index contributed by atoms with van der Waals surface area (Å²) >= 11 is 0. The van der Waals surface area contributed by atoms with E-state index >= 15 is 0 Å². The molecule has 1 unspecified atom stereocenters. The topological polar surface area (TPSA) is 58.4 Å². The molecule has 1 aliphatic rings. The number of carbonyl (C=O) groups excluding carboxylic acids is 1. The summed E-state index contributed by atoms with van der Waals surface area (Å²) in [7, 11) is 0. The number of hydrogen-bond acceptors (Lipinski definition) is 3. The molecule has 82 valence electrons. The summed E-state index contributed by atoms with van der Waals surface area (Å²) in [4.78, 5) is 13.3. The first-order valence-corrected chi connectivity index (χ1v) is 5.49. The van der Waals surface area contributed by atoms with Gasteiger partial charge in [0.25, 0.3) is 0 Å². The van der Waals surface area contributed by atoms with E-state index < -0.39 is 0 Å². The Balaban J connectivity index is 2.37. The highest BCUT2D eigenvalue weighted by Crippen LogP contribution is 2.07. The molecular weight excluding hydrogens is 178 g/mol. The van der Waals surface area contributed by atoms with Crippen LogP contribution in [0.15, 0.2) is 0 Å². The minimum Gasteiger partial charge on any atom is -0.340 e. The van der Waals surface area contributed by atoms with Gasteiger partial charge in [0.05, 0.1) is 6.54 Å². The second-order valence-electron chi connectivity index (χ2n) is 3.84. The van der Waals surface area contributed by atoms with Crippen molar-refractivity contribution in [3.8, 4) is 0 Å². The van der Waals surface area contributed by atoms with Crippen molar-refractivity contribution in [3.63, 3.8) is 0 Å². The second-order valence-corrected chi connectivity index (χ2v) is 3.84. The summed E-state index contributed by atoms with van der Waals surface area (Å²) in [5.74, 6) is 0.0700. The summed E-state index contributed by atoms with van der Waals surface area (Å²) in [5.41, 5.74) is 5.37. The Hall–Kier alpha value is -0.610. The molecule has 0 aliphatic carbocycles. The van der Waals surface area contributed by atoms with E-state index in [9.17, 15) is 4.79 Å². The molecule has 0 saturated carbocycles. The summed E-state index contributed by atoms with van der Waals surface area (Å²) in [6, 6.07) is 0.483. The highest BCUT2D eigenvalue weighted by atomic mass is 16.2. The van der Waals surface area contributed by atoms with E-state index in [1.165, 1.54) is 12.8 Å². The molecule has 1 fully saturated rings. The first-order valence-electron chi connectivity index (χ1n) is 5.49. The van der Waals surface area contributed by atoms with E-state index in [2.05, 4.69) is 12.2 Å². The zero-order chi connectivity index (χ0) is 10.4. The van der Waals surface area contributed by atoms with Crippen LogP contribution < -0.4 is 11.1 Å². The average molecular weight is 199 g/mol. The Kier molecular flexibility index (Phi) is 4.90. The lowest BCUT2D eigenvalue weighted by molar-refractivity contribution is -0.130. The fourth-order valence-corrected chi connectivity index (χ4v) is 1.90. The van der Waals surface area contributed by atoms with Crippen molar-refractivity contribution >= 4 is 5.91 Å². The number of carbonyl (C=O) groups is 1. The summed E-state index contributed by atoms with van der Waals surface area (Å²) in [6.45, 7) is 4.95. The third kappa shape index (κ3) is 3.27. The smallest absolute Gasteiger partial charge is 0.236 e. The first kappa shape index (κ1) is 11.5. The van der Waals surface area contributed by atoms with Gasteiger partial charge in [0.2, 0.25) is 5.91 Å². The minimum atomic E-state index is 0.0700. The SMILES string of the molecule is CCCN(CC1CCCN1)C(=O)CN. The number of nitrogens with two attached hydrogens (primary N) is 1. The minimum absolute atomic E-state index is 0.0700. The predicted octanol–water partition coefficient (Wildman–Crippen LogP) is -0.0643. The number of nitrogens with zero attached hydrogens (tertiary/aromatic N) is 1. The largest absolute Gasteiger partial charge is 0.340 e. The predicted molar refractivity (Wildman–Crippen MR) is 57.0 cm³/mol. The molecule has 4 nitrogen and oxygen atoms in total. The standard InChI is InChI=1S/C10H21N3O/c1-2-6-13(10(14)7-11)8-9-4-3-5-12-9/h9,12H,2-8,11H2,1H3. The lowest BCUT2D eigenvalue weighted by Crippen LogP contribution is -2.43. The highest BCUT2D eigenvalue weighted by molar-refractivity contribution is 5.78. The molecule has 1 heterocycles. The Morgan fingerprint density at radius 3 is 2.93 bits per heavy atom. The van der Waals surface area contributed by atoms with Crippen LogP contribution in [0.25, 0.3) is 0 Å². The zero-order valence-electron chi connectivity index (χ0n) is 8.96. The normalized spacial score (nSPS) is 21.1. The van der Waals surface area contributed by atoms with Gasteiger partial charge in [-0.15, -0.1) is 0 Å². The molecule has 0 aromatic rings. The average Bonchev–Trinajstić information content (AvgIpc) is 2.68. The maximum atomic E-state index is 11.5. The van der Waals surface area contributed by atoms with Crippen LogP contribution in [0.5, 0.6) is 0 Å². The molecule has 4 heteroatoms. The van der Waals surface area contributed by atoms with Gasteiger partial charge in [-0.05, 0) is 25.8 Å². The molecule has 1 aliphatic heterocycles. The quantitative estimate of drug-likeness (QED) is 0.652. The van der Waals surface area contributed by atoms with Crippen LogP contribution in [-0.2, 0) is 4.79 Å². The van der Waals surface area contributed by atoms with Crippen molar-refractivity contribution in [3.05, 3.63) is 0 Å². The van der Waals surface area contributed by atoms with Crippen LogP contribution in [0.3, 0.4) is 0 Å². The Morgan fingerprint density at radius 1 is 1.64 bits per heavy atom. The van der Waals surface area contributed by atoms with Gasteiger partial charge in [0.15, 0.2) is 0 Å². The molecule has 0 spiro atoms. The molecule has 1 amide bonds. The second kappa shape index (κ2) is 5.98. The van der Waals surface area contributed by atoms with Gasteiger partial charge < -0.3 is 16.0 Å². The third-order valence-electron chi connectivity index (χ3n) is 2.62. The molecule has 0 bridgehead atoms. The van der Waals surface area contributed by atoms with E-state index in [0.717, 1.165) is 26.1 Å². The highest BCUT2D eigenvalue weighted by Gasteiger charge is 2.19. The van der Waals surface area contributed by atoms with E-state index in [-0.39, 0.29) is 12.5 Å². The molecular formula is C10H21N3O. The van der Waals surface area contributed by atoms with Gasteiger partial charge >= 0.3 is 0 Å². The van der Waals surface area contributed by atoms with E-state index in [1.807, 2.05) is 4.90 Å². The maximum Gasteiger partial charge on any atom is 0.236 e. The van der Waals surface area contributed by atoms with Gasteiger partial charge in [-0.25, -0.2) is 0 Å². The lowest BCUT2D eigenvalue weighted by atomic mass is 10.2. The van der Waals surface area contributed by atoms with Crippen molar-refractivity contribution in [1.29, 1.82) is 0 Å². The number of rotatable bonds is 5. The molecule has 3 N–H and O–H groups in total. The Labute approximate surface area is 85.8 Å². The van der Waals surface area contributed by atoms with Crippen LogP contribution in [0, 0.1) is 0 Å². The van der Waals surface area contributed by atoms with E-state index in [0.29, 0.717) is 6.04 Å². The van der Waals surface area contributed by atoms with E-state index in [1.54, 1.807) is 0 Å². The molecule has 0 aromatic carbocycles. The number of nitrogens with one attached hydrogen (secondary N) is 1. The van der Waals surface area contributed by atoms with Crippen LogP contribution in [0.2, 0.25) is 0 Å². The van der Waals surface area contributed by atoms with Crippen molar-refractivity contribution in [1.82, 2.24) is 10.2 Å². The summed E-state index contributed by atoms with van der Waals surface area (Å²) < 4.78 is 0. The fraction of sp³-hybridized carbons (Fsp3) is 0.900. The van der Waals surface area contributed by atoms with Gasteiger partial charge in [0, 0.05) is 19.1 Å². The van der Waals surface area contributed by atoms with Crippen molar-refractivity contribution in [2.45, 2.75) is 32.2 Å². The first-order chi connectivity index (χ1) is 6.77. The van der Waals surface area contributed by atoms with Crippen LogP contribution >= 0.6 is 0 Å². The van der Waals surface area contributed by atoms with Crippen molar-refractivity contribution in [2.75, 3.05) is 26.2 Å². The number of hydrogen-bond donors (Lipinski definition) is 2. The van der Waals surface area contributed by atoms with Crippen LogP contribution in [0.4, 0.5) is 0 Å². The van der Waals surface area contributed by atoms with E-state index in [4.69, 9.17) is 5.73 Å². The van der Waals surface area contributed by atoms with Crippen LogP contribution in [0.1, 0.15) is 26.2 Å². The molecule has 1 atom stereocenters. The number of amides is 1. The molecule has 1 saturated heterocycles. The van der Waals surface area contributed by atoms with Gasteiger partial charge in [-0.1, -0.05) is 6.92 Å². The Bertz CT molecular complexity index is 178. The Morgan fingerprint density at radius 2 is 2.43 bits per heavy atom.